The van der Waals surface area contributed by atoms with E-state index in [4.69, 9.17) is 0 Å². The van der Waals surface area contributed by atoms with Gasteiger partial charge in [-0.3, -0.25) is 4.40 Å². The smallest absolute Gasteiger partial charge is 0.203 e. The Morgan fingerprint density at radius 1 is 1.38 bits per heavy atom. The Morgan fingerprint density at radius 2 is 2.19 bits per heavy atom. The number of aryl methyl sites for hydroxylation is 1. The molecule has 3 rings (SSSR count). The lowest BCUT2D eigenvalue weighted by molar-refractivity contribution is 0.308. The van der Waals surface area contributed by atoms with Gasteiger partial charge in [0.2, 0.25) is 5.65 Å². The molecule has 5 heteroatoms. The second kappa shape index (κ2) is 3.43. The number of nitrogens with zero attached hydrogens (tertiary/aromatic N) is 4. The molecular weight excluding hydrogens is 202 g/mol. The van der Waals surface area contributed by atoms with Crippen molar-refractivity contribution in [3.05, 3.63) is 18.2 Å². The van der Waals surface area contributed by atoms with E-state index in [9.17, 15) is 0 Å². The van der Waals surface area contributed by atoms with Crippen LogP contribution in [0.2, 0.25) is 0 Å². The van der Waals surface area contributed by atoms with Crippen molar-refractivity contribution in [3.8, 4) is 0 Å². The zero-order chi connectivity index (χ0) is 11.1. The highest BCUT2D eigenvalue weighted by molar-refractivity contribution is 5.62. The van der Waals surface area contributed by atoms with E-state index in [1.807, 2.05) is 17.5 Å². The fourth-order valence-electron chi connectivity index (χ4n) is 2.26. The average Bonchev–Trinajstić information content (AvgIpc) is 2.60. The third kappa shape index (κ3) is 1.43. The minimum Gasteiger partial charge on any atom is -0.364 e. The maximum atomic E-state index is 4.33. The summed E-state index contributed by atoms with van der Waals surface area (Å²) in [5.41, 5.74) is 0.819. The van der Waals surface area contributed by atoms with Crippen LogP contribution >= 0.6 is 0 Å². The van der Waals surface area contributed by atoms with E-state index >= 15 is 0 Å². The van der Waals surface area contributed by atoms with Gasteiger partial charge in [0.25, 0.3) is 0 Å². The van der Waals surface area contributed by atoms with Gasteiger partial charge in [0, 0.05) is 18.4 Å². The van der Waals surface area contributed by atoms with Crippen molar-refractivity contribution in [1.82, 2.24) is 19.6 Å². The molecule has 1 aliphatic rings. The number of anilines is 1. The first-order valence-corrected chi connectivity index (χ1v) is 5.67. The van der Waals surface area contributed by atoms with E-state index < -0.39 is 0 Å². The number of hydrogen-bond donors (Lipinski definition) is 1. The van der Waals surface area contributed by atoms with Gasteiger partial charge in [-0.15, -0.1) is 10.2 Å². The SMILES string of the molecule is Cc1nnc2c(NC3CC(C)C3)nccn12. The predicted octanol–water partition coefficient (Wildman–Crippen LogP) is 1.64. The topological polar surface area (TPSA) is 55.1 Å². The first-order chi connectivity index (χ1) is 7.74. The van der Waals surface area contributed by atoms with Crippen LogP contribution in [-0.2, 0) is 0 Å². The molecule has 1 N–H and O–H groups in total. The molecule has 0 bridgehead atoms. The Balaban J connectivity index is 1.91. The molecule has 84 valence electrons. The number of rotatable bonds is 2. The molecule has 2 heterocycles. The second-order valence-electron chi connectivity index (χ2n) is 4.63. The van der Waals surface area contributed by atoms with Gasteiger partial charge in [-0.1, -0.05) is 6.92 Å². The first-order valence-electron chi connectivity index (χ1n) is 5.67. The standard InChI is InChI=1S/C11H15N5/c1-7-5-9(6-7)13-10-11-15-14-8(2)16(11)4-3-12-10/h3-4,7,9H,5-6H2,1-2H3,(H,12,13). The first kappa shape index (κ1) is 9.57. The number of aromatic nitrogens is 4. The molecule has 0 amide bonds. The Labute approximate surface area is 93.9 Å². The van der Waals surface area contributed by atoms with Crippen LogP contribution in [0.3, 0.4) is 0 Å². The van der Waals surface area contributed by atoms with E-state index in [2.05, 4.69) is 27.4 Å². The molecule has 0 atom stereocenters. The summed E-state index contributed by atoms with van der Waals surface area (Å²) in [6.07, 6.45) is 6.11. The summed E-state index contributed by atoms with van der Waals surface area (Å²) in [5.74, 6) is 2.57. The summed E-state index contributed by atoms with van der Waals surface area (Å²) in [6.45, 7) is 4.21. The van der Waals surface area contributed by atoms with Gasteiger partial charge in [-0.25, -0.2) is 4.98 Å². The van der Waals surface area contributed by atoms with Crippen molar-refractivity contribution >= 4 is 11.5 Å². The molecule has 1 saturated carbocycles. The van der Waals surface area contributed by atoms with Crippen molar-refractivity contribution in [1.29, 1.82) is 0 Å². The van der Waals surface area contributed by atoms with Gasteiger partial charge >= 0.3 is 0 Å². The van der Waals surface area contributed by atoms with E-state index in [1.165, 1.54) is 12.8 Å². The molecule has 2 aromatic rings. The molecule has 5 nitrogen and oxygen atoms in total. The Kier molecular flexibility index (Phi) is 2.05. The van der Waals surface area contributed by atoms with Crippen molar-refractivity contribution < 1.29 is 0 Å². The second-order valence-corrected chi connectivity index (χ2v) is 4.63. The van der Waals surface area contributed by atoms with Gasteiger partial charge in [0.15, 0.2) is 5.82 Å². The maximum Gasteiger partial charge on any atom is 0.203 e. The van der Waals surface area contributed by atoms with Crippen LogP contribution in [0.1, 0.15) is 25.6 Å². The highest BCUT2D eigenvalue weighted by Gasteiger charge is 2.26. The van der Waals surface area contributed by atoms with Crippen molar-refractivity contribution in [2.75, 3.05) is 5.32 Å². The molecule has 0 unspecified atom stereocenters. The van der Waals surface area contributed by atoms with Crippen LogP contribution in [0.25, 0.3) is 5.65 Å². The quantitative estimate of drug-likeness (QED) is 0.831. The normalized spacial score (nSPS) is 24.4. The van der Waals surface area contributed by atoms with Crippen molar-refractivity contribution in [2.45, 2.75) is 32.7 Å². The maximum absolute atomic E-state index is 4.33. The summed E-state index contributed by atoms with van der Waals surface area (Å²) in [7, 11) is 0. The fourth-order valence-corrected chi connectivity index (χ4v) is 2.26. The van der Waals surface area contributed by atoms with E-state index in [-0.39, 0.29) is 0 Å². The highest BCUT2D eigenvalue weighted by Crippen LogP contribution is 2.29. The zero-order valence-corrected chi connectivity index (χ0v) is 9.51. The van der Waals surface area contributed by atoms with Crippen molar-refractivity contribution in [2.24, 2.45) is 5.92 Å². The summed E-state index contributed by atoms with van der Waals surface area (Å²) in [5, 5.41) is 11.6. The van der Waals surface area contributed by atoms with Crippen molar-refractivity contribution in [3.63, 3.8) is 0 Å². The van der Waals surface area contributed by atoms with Gasteiger partial charge in [-0.05, 0) is 25.7 Å². The van der Waals surface area contributed by atoms with Gasteiger partial charge in [0.1, 0.15) is 5.82 Å². The van der Waals surface area contributed by atoms with Crippen LogP contribution in [0.4, 0.5) is 5.82 Å². The fraction of sp³-hybridized carbons (Fsp3) is 0.545. The summed E-state index contributed by atoms with van der Waals surface area (Å²) in [6, 6.07) is 0.547. The van der Waals surface area contributed by atoms with E-state index in [0.717, 1.165) is 23.2 Å². The third-order valence-corrected chi connectivity index (χ3v) is 3.21. The van der Waals surface area contributed by atoms with Crippen LogP contribution in [0.5, 0.6) is 0 Å². The minimum absolute atomic E-state index is 0.547. The largest absolute Gasteiger partial charge is 0.364 e. The van der Waals surface area contributed by atoms with Gasteiger partial charge in [0.05, 0.1) is 0 Å². The Bertz CT molecular complexity index is 512. The van der Waals surface area contributed by atoms with E-state index in [1.54, 1.807) is 6.20 Å². The molecule has 16 heavy (non-hydrogen) atoms. The lowest BCUT2D eigenvalue weighted by Crippen LogP contribution is -2.34. The van der Waals surface area contributed by atoms with Crippen LogP contribution in [-0.4, -0.2) is 25.6 Å². The Morgan fingerprint density at radius 3 is 2.94 bits per heavy atom. The highest BCUT2D eigenvalue weighted by atomic mass is 15.3. The Hall–Kier alpha value is -1.65. The monoisotopic (exact) mass is 217 g/mol. The summed E-state index contributed by atoms with van der Waals surface area (Å²) < 4.78 is 1.96. The van der Waals surface area contributed by atoms with Gasteiger partial charge < -0.3 is 5.32 Å². The van der Waals surface area contributed by atoms with Crippen LogP contribution in [0, 0.1) is 12.8 Å². The van der Waals surface area contributed by atoms with E-state index in [0.29, 0.717) is 6.04 Å². The molecular formula is C11H15N5. The number of fused-ring (bicyclic) bond motifs is 1. The molecule has 1 fully saturated rings. The zero-order valence-electron chi connectivity index (χ0n) is 9.51. The minimum atomic E-state index is 0.547. The molecule has 2 aromatic heterocycles. The van der Waals surface area contributed by atoms with Crippen LogP contribution < -0.4 is 5.32 Å². The molecule has 1 aliphatic carbocycles. The lowest BCUT2D eigenvalue weighted by Gasteiger charge is -2.33. The lowest BCUT2D eigenvalue weighted by atomic mass is 9.82. The van der Waals surface area contributed by atoms with Crippen LogP contribution in [0.15, 0.2) is 12.4 Å². The molecule has 0 aliphatic heterocycles. The molecule has 0 aromatic carbocycles. The molecule has 0 saturated heterocycles. The number of hydrogen-bond acceptors (Lipinski definition) is 4. The summed E-state index contributed by atoms with van der Waals surface area (Å²) >= 11 is 0. The average molecular weight is 217 g/mol. The van der Waals surface area contributed by atoms with Gasteiger partial charge in [-0.2, -0.15) is 0 Å². The molecule has 0 spiro atoms. The predicted molar refractivity (Wildman–Crippen MR) is 61.3 cm³/mol. The third-order valence-electron chi connectivity index (χ3n) is 3.21. The summed E-state index contributed by atoms with van der Waals surface area (Å²) in [4.78, 5) is 4.33. The number of nitrogens with one attached hydrogen (secondary N) is 1. The molecule has 0 radical (unpaired) electrons.